The van der Waals surface area contributed by atoms with Gasteiger partial charge in [-0.3, -0.25) is 0 Å². The third-order valence-electron chi connectivity index (χ3n) is 4.16. The van der Waals surface area contributed by atoms with Crippen molar-refractivity contribution in [1.29, 1.82) is 0 Å². The molecule has 0 bridgehead atoms. The van der Waals surface area contributed by atoms with Crippen LogP contribution in [0.2, 0.25) is 0 Å². The molecule has 1 fully saturated rings. The van der Waals surface area contributed by atoms with Gasteiger partial charge in [0.1, 0.15) is 0 Å². The zero-order valence-corrected chi connectivity index (χ0v) is 11.6. The monoisotopic (exact) mass is 247 g/mol. The fraction of sp³-hybridized carbons (Fsp3) is 0.733. The second-order valence-electron chi connectivity index (χ2n) is 5.81. The zero-order chi connectivity index (χ0) is 12.8. The minimum Gasteiger partial charge on any atom is -0.308 e. The molecule has 0 saturated heterocycles. The molecular weight excluding hydrogens is 222 g/mol. The lowest BCUT2D eigenvalue weighted by Gasteiger charge is -2.19. The van der Waals surface area contributed by atoms with Crippen LogP contribution in [0.3, 0.4) is 0 Å². The molecule has 2 unspecified atom stereocenters. The average molecular weight is 247 g/mol. The molecule has 0 aliphatic heterocycles. The molecule has 1 aromatic rings. The van der Waals surface area contributed by atoms with Crippen molar-refractivity contribution in [3.8, 4) is 0 Å². The van der Waals surface area contributed by atoms with E-state index in [9.17, 15) is 0 Å². The lowest BCUT2D eigenvalue weighted by molar-refractivity contribution is 0.337. The van der Waals surface area contributed by atoms with Crippen LogP contribution >= 0.6 is 0 Å². The Labute approximate surface area is 110 Å². The Hall–Kier alpha value is -0.960. The van der Waals surface area contributed by atoms with E-state index in [-0.39, 0.29) is 0 Å². The molecule has 0 amide bonds. The fourth-order valence-electron chi connectivity index (χ4n) is 2.88. The van der Waals surface area contributed by atoms with E-state index in [0.717, 1.165) is 24.1 Å². The minimum absolute atomic E-state index is 0.663. The van der Waals surface area contributed by atoms with E-state index >= 15 is 0 Å². The van der Waals surface area contributed by atoms with Gasteiger partial charge in [-0.1, -0.05) is 26.7 Å². The normalized spacial score (nSPS) is 25.1. The van der Waals surface area contributed by atoms with Crippen LogP contribution < -0.4 is 5.32 Å². The van der Waals surface area contributed by atoms with Gasteiger partial charge in [-0.25, -0.2) is 0 Å². The van der Waals surface area contributed by atoms with Crippen LogP contribution in [0.4, 0.5) is 0 Å². The second kappa shape index (κ2) is 6.83. The summed E-state index contributed by atoms with van der Waals surface area (Å²) in [6, 6.07) is 4.65. The summed E-state index contributed by atoms with van der Waals surface area (Å²) in [6.45, 7) is 5.57. The Balaban J connectivity index is 1.77. The van der Waals surface area contributed by atoms with E-state index in [1.165, 1.54) is 32.1 Å². The molecule has 0 radical (unpaired) electrons. The third-order valence-corrected chi connectivity index (χ3v) is 4.16. The molecule has 2 rings (SSSR count). The van der Waals surface area contributed by atoms with Gasteiger partial charge in [0.25, 0.3) is 0 Å². The zero-order valence-electron chi connectivity index (χ0n) is 11.6. The van der Waals surface area contributed by atoms with Crippen molar-refractivity contribution < 1.29 is 0 Å². The number of rotatable bonds is 4. The molecular formula is C15H25N3. The van der Waals surface area contributed by atoms with Crippen molar-refractivity contribution in [2.75, 3.05) is 0 Å². The maximum Gasteiger partial charge on any atom is 0.0769 e. The van der Waals surface area contributed by atoms with E-state index in [0.29, 0.717) is 6.04 Å². The Morgan fingerprint density at radius 2 is 2.17 bits per heavy atom. The lowest BCUT2D eigenvalue weighted by atomic mass is 9.89. The quantitative estimate of drug-likeness (QED) is 0.830. The van der Waals surface area contributed by atoms with Crippen molar-refractivity contribution in [2.24, 2.45) is 11.8 Å². The van der Waals surface area contributed by atoms with Crippen molar-refractivity contribution in [3.05, 3.63) is 24.0 Å². The number of nitrogens with one attached hydrogen (secondary N) is 1. The first-order valence-corrected chi connectivity index (χ1v) is 7.25. The van der Waals surface area contributed by atoms with Crippen LogP contribution in [0.5, 0.6) is 0 Å². The molecule has 0 spiro atoms. The number of aromatic nitrogens is 2. The summed E-state index contributed by atoms with van der Waals surface area (Å²) < 4.78 is 0. The number of hydrogen-bond donors (Lipinski definition) is 1. The van der Waals surface area contributed by atoms with Crippen LogP contribution in [0.1, 0.15) is 51.6 Å². The molecule has 1 aliphatic rings. The van der Waals surface area contributed by atoms with Gasteiger partial charge in [-0.05, 0) is 43.2 Å². The van der Waals surface area contributed by atoms with E-state index in [1.54, 1.807) is 6.20 Å². The Morgan fingerprint density at radius 1 is 1.28 bits per heavy atom. The predicted molar refractivity (Wildman–Crippen MR) is 74.1 cm³/mol. The molecule has 3 nitrogen and oxygen atoms in total. The molecule has 1 heterocycles. The first-order chi connectivity index (χ1) is 8.75. The van der Waals surface area contributed by atoms with Crippen LogP contribution in [0, 0.1) is 11.8 Å². The van der Waals surface area contributed by atoms with E-state index in [1.807, 2.05) is 12.1 Å². The molecule has 0 aromatic carbocycles. The fourth-order valence-corrected chi connectivity index (χ4v) is 2.88. The van der Waals surface area contributed by atoms with Crippen LogP contribution in [-0.2, 0) is 6.54 Å². The number of nitrogens with zero attached hydrogens (tertiary/aromatic N) is 2. The molecule has 1 N–H and O–H groups in total. The topological polar surface area (TPSA) is 37.8 Å². The van der Waals surface area contributed by atoms with E-state index in [2.05, 4.69) is 29.4 Å². The average Bonchev–Trinajstić information content (AvgIpc) is 2.63. The first-order valence-electron chi connectivity index (χ1n) is 7.25. The van der Waals surface area contributed by atoms with Crippen LogP contribution in [0.15, 0.2) is 18.3 Å². The summed E-state index contributed by atoms with van der Waals surface area (Å²) in [7, 11) is 0. The standard InChI is InChI=1S/C15H25N3/c1-12(2)13-5-3-6-14(9-8-13)16-11-15-7-4-10-17-18-15/h4,7,10,12-14,16H,3,5-6,8-9,11H2,1-2H3. The summed E-state index contributed by atoms with van der Waals surface area (Å²) in [5.41, 5.74) is 1.04. The van der Waals surface area contributed by atoms with Gasteiger partial charge in [-0.15, -0.1) is 0 Å². The largest absolute Gasteiger partial charge is 0.308 e. The van der Waals surface area contributed by atoms with Gasteiger partial charge in [0.2, 0.25) is 0 Å². The summed E-state index contributed by atoms with van der Waals surface area (Å²) in [5.74, 6) is 1.76. The summed E-state index contributed by atoms with van der Waals surface area (Å²) >= 11 is 0. The maximum absolute atomic E-state index is 4.12. The second-order valence-corrected chi connectivity index (χ2v) is 5.81. The van der Waals surface area contributed by atoms with Gasteiger partial charge < -0.3 is 5.32 Å². The summed E-state index contributed by atoms with van der Waals surface area (Å²) in [5, 5.41) is 11.7. The lowest BCUT2D eigenvalue weighted by Crippen LogP contribution is -2.28. The SMILES string of the molecule is CC(C)C1CCCC(NCc2cccnn2)CC1. The Morgan fingerprint density at radius 3 is 2.89 bits per heavy atom. The van der Waals surface area contributed by atoms with Gasteiger partial charge in [-0.2, -0.15) is 10.2 Å². The van der Waals surface area contributed by atoms with Gasteiger partial charge in [0.05, 0.1) is 5.69 Å². The van der Waals surface area contributed by atoms with Crippen molar-refractivity contribution in [2.45, 2.75) is 58.5 Å². The van der Waals surface area contributed by atoms with Crippen LogP contribution in [0.25, 0.3) is 0 Å². The van der Waals surface area contributed by atoms with Gasteiger partial charge in [0, 0.05) is 18.8 Å². The molecule has 100 valence electrons. The predicted octanol–water partition coefficient (Wildman–Crippen LogP) is 3.17. The smallest absolute Gasteiger partial charge is 0.0769 e. The molecule has 3 heteroatoms. The highest BCUT2D eigenvalue weighted by Crippen LogP contribution is 2.28. The van der Waals surface area contributed by atoms with Crippen molar-refractivity contribution in [3.63, 3.8) is 0 Å². The molecule has 18 heavy (non-hydrogen) atoms. The van der Waals surface area contributed by atoms with Crippen molar-refractivity contribution >= 4 is 0 Å². The van der Waals surface area contributed by atoms with Crippen LogP contribution in [-0.4, -0.2) is 16.2 Å². The minimum atomic E-state index is 0.663. The van der Waals surface area contributed by atoms with Gasteiger partial charge in [0.15, 0.2) is 0 Å². The third kappa shape index (κ3) is 4.05. The summed E-state index contributed by atoms with van der Waals surface area (Å²) in [6.07, 6.45) is 8.48. The van der Waals surface area contributed by atoms with E-state index < -0.39 is 0 Å². The van der Waals surface area contributed by atoms with Crippen molar-refractivity contribution in [1.82, 2.24) is 15.5 Å². The molecule has 1 aliphatic carbocycles. The highest BCUT2D eigenvalue weighted by molar-refractivity contribution is 4.98. The Bertz CT molecular complexity index is 337. The Kier molecular flexibility index (Phi) is 5.12. The number of hydrogen-bond acceptors (Lipinski definition) is 3. The first kappa shape index (κ1) is 13.5. The van der Waals surface area contributed by atoms with Gasteiger partial charge >= 0.3 is 0 Å². The molecule has 2 atom stereocenters. The van der Waals surface area contributed by atoms with E-state index in [4.69, 9.17) is 0 Å². The highest BCUT2D eigenvalue weighted by Gasteiger charge is 2.20. The molecule has 1 saturated carbocycles. The maximum atomic E-state index is 4.12. The highest BCUT2D eigenvalue weighted by atomic mass is 15.1. The molecule has 1 aromatic heterocycles. The summed E-state index contributed by atoms with van der Waals surface area (Å²) in [4.78, 5) is 0.